The predicted molar refractivity (Wildman–Crippen MR) is 160 cm³/mol. The molecule has 1 N–H and O–H groups in total. The number of allylic oxidation sites excluding steroid dienone is 1. The van der Waals surface area contributed by atoms with E-state index in [4.69, 9.17) is 9.47 Å². The second kappa shape index (κ2) is 11.8. The lowest BCUT2D eigenvalue weighted by molar-refractivity contribution is 0.104. The average molecular weight is 568 g/mol. The maximum absolute atomic E-state index is 13.0. The highest BCUT2D eigenvalue weighted by molar-refractivity contribution is 7.89. The third kappa shape index (κ3) is 5.91. The molecule has 41 heavy (non-hydrogen) atoms. The van der Waals surface area contributed by atoms with Crippen LogP contribution in [0.15, 0.2) is 102 Å². The van der Waals surface area contributed by atoms with Gasteiger partial charge in [-0.1, -0.05) is 24.3 Å². The minimum absolute atomic E-state index is 0.0679. The number of hydrogen-bond acceptors (Lipinski definition) is 6. The van der Waals surface area contributed by atoms with Crippen molar-refractivity contribution in [2.45, 2.75) is 11.4 Å². The average Bonchev–Trinajstić information content (AvgIpc) is 3.35. The number of hydrogen-bond donors (Lipinski definition) is 1. The highest BCUT2D eigenvalue weighted by Crippen LogP contribution is 2.38. The molecule has 208 valence electrons. The number of aryl methyl sites for hydroxylation is 1. The van der Waals surface area contributed by atoms with Crippen LogP contribution in [0.2, 0.25) is 0 Å². The molecule has 0 fully saturated rings. The Bertz CT molecular complexity index is 1840. The monoisotopic (exact) mass is 567 g/mol. The summed E-state index contributed by atoms with van der Waals surface area (Å²) in [4.78, 5) is 17.1. The van der Waals surface area contributed by atoms with Crippen molar-refractivity contribution in [3.05, 3.63) is 114 Å². The van der Waals surface area contributed by atoms with Crippen LogP contribution in [-0.2, 0) is 23.6 Å². The van der Waals surface area contributed by atoms with Crippen molar-refractivity contribution in [2.24, 2.45) is 7.05 Å². The molecule has 0 saturated carbocycles. The minimum atomic E-state index is -3.75. The van der Waals surface area contributed by atoms with Crippen LogP contribution in [0, 0.1) is 0 Å². The zero-order valence-corrected chi connectivity index (χ0v) is 23.7. The number of rotatable bonds is 10. The fraction of sp³-hybridized carbons (Fsp3) is 0.125. The van der Waals surface area contributed by atoms with E-state index >= 15 is 0 Å². The Morgan fingerprint density at radius 2 is 1.71 bits per heavy atom. The molecule has 0 aliphatic heterocycles. The van der Waals surface area contributed by atoms with Gasteiger partial charge in [-0.15, -0.1) is 0 Å². The number of ether oxygens (including phenoxy) is 2. The summed E-state index contributed by atoms with van der Waals surface area (Å²) in [6.07, 6.45) is 6.35. The van der Waals surface area contributed by atoms with Crippen LogP contribution in [0.4, 0.5) is 0 Å². The Morgan fingerprint density at radius 1 is 0.951 bits per heavy atom. The van der Waals surface area contributed by atoms with Gasteiger partial charge in [0.1, 0.15) is 11.5 Å². The topological polar surface area (TPSA) is 99.5 Å². The van der Waals surface area contributed by atoms with Gasteiger partial charge in [0.25, 0.3) is 0 Å². The van der Waals surface area contributed by atoms with Crippen LogP contribution >= 0.6 is 0 Å². The van der Waals surface area contributed by atoms with Crippen LogP contribution in [0.3, 0.4) is 0 Å². The number of nitrogens with zero attached hydrogens (tertiary/aromatic N) is 2. The molecule has 3 aromatic carbocycles. The molecule has 0 atom stereocenters. The summed E-state index contributed by atoms with van der Waals surface area (Å²) < 4.78 is 41.3. The van der Waals surface area contributed by atoms with E-state index in [-0.39, 0.29) is 17.2 Å². The first-order valence-corrected chi connectivity index (χ1v) is 14.3. The fourth-order valence-electron chi connectivity index (χ4n) is 4.63. The van der Waals surface area contributed by atoms with Crippen LogP contribution < -0.4 is 14.2 Å². The Hall–Kier alpha value is -4.73. The zero-order valence-electron chi connectivity index (χ0n) is 22.9. The van der Waals surface area contributed by atoms with Gasteiger partial charge in [-0.2, -0.15) is 0 Å². The van der Waals surface area contributed by atoms with E-state index in [0.29, 0.717) is 22.6 Å². The van der Waals surface area contributed by atoms with Gasteiger partial charge in [0, 0.05) is 59.6 Å². The maximum atomic E-state index is 13.0. The largest absolute Gasteiger partial charge is 0.496 e. The number of methoxy groups -OCH3 is 2. The molecule has 5 rings (SSSR count). The highest BCUT2D eigenvalue weighted by atomic mass is 32.2. The molecule has 2 aromatic heterocycles. The number of para-hydroxylation sites is 1. The summed E-state index contributed by atoms with van der Waals surface area (Å²) in [6, 6.07) is 23.3. The summed E-state index contributed by atoms with van der Waals surface area (Å²) in [7, 11) is 1.42. The number of fused-ring (bicyclic) bond motifs is 1. The van der Waals surface area contributed by atoms with E-state index in [2.05, 4.69) is 32.5 Å². The first-order chi connectivity index (χ1) is 19.8. The quantitative estimate of drug-likeness (QED) is 0.173. The molecule has 0 aliphatic rings. The summed E-state index contributed by atoms with van der Waals surface area (Å²) in [5.74, 6) is 0.918. The molecule has 0 aliphatic carbocycles. The SMILES string of the molecule is COc1cc(OC)c(-c2cc3ccccc3n2C)cc1C=CC(=O)c1ccc(S(=O)(=O)NCc2cccnc2)cc1. The van der Waals surface area contributed by atoms with E-state index in [1.807, 2.05) is 25.2 Å². The lowest BCUT2D eigenvalue weighted by Gasteiger charge is -2.14. The molecule has 2 heterocycles. The molecule has 0 saturated heterocycles. The molecule has 0 unspecified atom stereocenters. The van der Waals surface area contributed by atoms with Crippen molar-refractivity contribution >= 4 is 32.8 Å². The fourth-order valence-corrected chi connectivity index (χ4v) is 5.64. The summed E-state index contributed by atoms with van der Waals surface area (Å²) in [5.41, 5.74) is 4.69. The van der Waals surface area contributed by atoms with Crippen LogP contribution in [0.5, 0.6) is 11.5 Å². The highest BCUT2D eigenvalue weighted by Gasteiger charge is 2.17. The molecular weight excluding hydrogens is 538 g/mol. The van der Waals surface area contributed by atoms with Crippen LogP contribution in [0.25, 0.3) is 28.2 Å². The molecule has 0 radical (unpaired) electrons. The molecular formula is C32H29N3O5S. The molecule has 8 nitrogen and oxygen atoms in total. The second-order valence-corrected chi connectivity index (χ2v) is 11.1. The van der Waals surface area contributed by atoms with Gasteiger partial charge in [0.05, 0.1) is 24.8 Å². The van der Waals surface area contributed by atoms with Gasteiger partial charge in [-0.25, -0.2) is 13.1 Å². The minimum Gasteiger partial charge on any atom is -0.496 e. The van der Waals surface area contributed by atoms with Crippen molar-refractivity contribution in [2.75, 3.05) is 14.2 Å². The third-order valence-electron chi connectivity index (χ3n) is 6.83. The molecule has 0 spiro atoms. The van der Waals surface area contributed by atoms with E-state index < -0.39 is 10.0 Å². The van der Waals surface area contributed by atoms with Gasteiger partial charge < -0.3 is 14.0 Å². The second-order valence-electron chi connectivity index (χ2n) is 9.35. The van der Waals surface area contributed by atoms with Gasteiger partial charge >= 0.3 is 0 Å². The van der Waals surface area contributed by atoms with Crippen LogP contribution in [0.1, 0.15) is 21.5 Å². The maximum Gasteiger partial charge on any atom is 0.240 e. The number of benzene rings is 3. The summed E-state index contributed by atoms with van der Waals surface area (Å²) in [5, 5.41) is 1.10. The molecule has 9 heteroatoms. The van der Waals surface area contributed by atoms with E-state index in [1.54, 1.807) is 50.9 Å². The number of pyridine rings is 1. The number of ketones is 1. The molecule has 0 amide bonds. The van der Waals surface area contributed by atoms with Gasteiger partial charge in [0.2, 0.25) is 10.0 Å². The van der Waals surface area contributed by atoms with E-state index in [0.717, 1.165) is 27.7 Å². The number of sulfonamides is 1. The lowest BCUT2D eigenvalue weighted by Crippen LogP contribution is -2.23. The van der Waals surface area contributed by atoms with Crippen molar-refractivity contribution in [3.8, 4) is 22.8 Å². The Balaban J connectivity index is 1.38. The Kier molecular flexibility index (Phi) is 8.00. The van der Waals surface area contributed by atoms with Crippen molar-refractivity contribution in [1.82, 2.24) is 14.3 Å². The predicted octanol–water partition coefficient (Wildman–Crippen LogP) is 5.63. The normalized spacial score (nSPS) is 11.7. The van der Waals surface area contributed by atoms with E-state index in [9.17, 15) is 13.2 Å². The molecule has 5 aromatic rings. The smallest absolute Gasteiger partial charge is 0.240 e. The Morgan fingerprint density at radius 3 is 2.39 bits per heavy atom. The summed E-state index contributed by atoms with van der Waals surface area (Å²) >= 11 is 0. The number of aromatic nitrogens is 2. The van der Waals surface area contributed by atoms with Crippen molar-refractivity contribution < 1.29 is 22.7 Å². The molecule has 0 bridgehead atoms. The van der Waals surface area contributed by atoms with Crippen LogP contribution in [-0.4, -0.2) is 38.0 Å². The van der Waals surface area contributed by atoms with Crippen molar-refractivity contribution in [1.29, 1.82) is 0 Å². The first-order valence-electron chi connectivity index (χ1n) is 12.8. The first kappa shape index (κ1) is 27.8. The standard InChI is InChI=1S/C32H29N3O5S/c1-35-28-9-5-4-8-24(28)18-29(35)27-17-25(31(39-2)19-32(27)40-3)12-15-30(36)23-10-13-26(14-11-23)41(37,38)34-21-22-7-6-16-33-20-22/h4-20,34H,21H2,1-3H3. The lowest BCUT2D eigenvalue weighted by atomic mass is 10.0. The van der Waals surface area contributed by atoms with E-state index in [1.165, 1.54) is 30.3 Å². The third-order valence-corrected chi connectivity index (χ3v) is 8.25. The van der Waals surface area contributed by atoms with Gasteiger partial charge in [-0.05, 0) is 66.2 Å². The Labute approximate surface area is 238 Å². The zero-order chi connectivity index (χ0) is 29.0. The number of carbonyl (C=O) groups excluding carboxylic acids is 1. The summed E-state index contributed by atoms with van der Waals surface area (Å²) in [6.45, 7) is 0.115. The van der Waals surface area contributed by atoms with Crippen molar-refractivity contribution in [3.63, 3.8) is 0 Å². The number of carbonyl (C=O) groups is 1. The van der Waals surface area contributed by atoms with Gasteiger partial charge in [0.15, 0.2) is 5.78 Å². The van der Waals surface area contributed by atoms with Gasteiger partial charge in [-0.3, -0.25) is 9.78 Å². The number of nitrogens with one attached hydrogen (secondary N) is 1.